The van der Waals surface area contributed by atoms with Crippen LogP contribution < -0.4 is 0 Å². The molecule has 118 valence electrons. The Hall–Kier alpha value is -2.57. The number of carbonyl (C=O) groups is 2. The maximum Gasteiger partial charge on any atom is 0.339 e. The van der Waals surface area contributed by atoms with E-state index >= 15 is 0 Å². The third-order valence-electron chi connectivity index (χ3n) is 3.38. The topological polar surface area (TPSA) is 99.4 Å². The van der Waals surface area contributed by atoms with Gasteiger partial charge in [-0.15, -0.1) is 0 Å². The highest BCUT2D eigenvalue weighted by molar-refractivity contribution is 5.92. The van der Waals surface area contributed by atoms with E-state index in [1.807, 2.05) is 13.8 Å². The standard InChI is InChI=1S/C15H19N3O4/c1-8(2)12-6-13(17-16-12)14(19)18(4)7-10-5-11(15(20)21)9(3)22-10/h5-6,8H,7H2,1-4H3,(H,16,17)(H,20,21). The normalized spacial score (nSPS) is 11.0. The second kappa shape index (κ2) is 6.05. The van der Waals surface area contributed by atoms with Crippen LogP contribution in [0.5, 0.6) is 0 Å². The molecule has 7 heteroatoms. The largest absolute Gasteiger partial charge is 0.478 e. The summed E-state index contributed by atoms with van der Waals surface area (Å²) in [5.41, 5.74) is 1.32. The van der Waals surface area contributed by atoms with Gasteiger partial charge in [-0.2, -0.15) is 5.10 Å². The van der Waals surface area contributed by atoms with Gasteiger partial charge in [-0.3, -0.25) is 9.89 Å². The first kappa shape index (κ1) is 15.8. The number of aryl methyl sites for hydroxylation is 1. The van der Waals surface area contributed by atoms with Crippen molar-refractivity contribution in [2.24, 2.45) is 0 Å². The van der Waals surface area contributed by atoms with Crippen LogP contribution in [0.2, 0.25) is 0 Å². The Kier molecular flexibility index (Phi) is 4.35. The van der Waals surface area contributed by atoms with Crippen molar-refractivity contribution in [3.05, 3.63) is 40.6 Å². The summed E-state index contributed by atoms with van der Waals surface area (Å²) in [5, 5.41) is 15.8. The van der Waals surface area contributed by atoms with Crippen LogP contribution in [-0.2, 0) is 6.54 Å². The molecule has 2 aromatic heterocycles. The van der Waals surface area contributed by atoms with E-state index in [-0.39, 0.29) is 23.9 Å². The summed E-state index contributed by atoms with van der Waals surface area (Å²) >= 11 is 0. The molecule has 2 heterocycles. The first-order valence-electron chi connectivity index (χ1n) is 6.93. The van der Waals surface area contributed by atoms with Gasteiger partial charge in [0.25, 0.3) is 5.91 Å². The molecule has 0 aliphatic rings. The number of rotatable bonds is 5. The van der Waals surface area contributed by atoms with Crippen molar-refractivity contribution in [2.75, 3.05) is 7.05 Å². The van der Waals surface area contributed by atoms with E-state index in [4.69, 9.17) is 9.52 Å². The summed E-state index contributed by atoms with van der Waals surface area (Å²) in [7, 11) is 1.62. The number of aromatic amines is 1. The number of nitrogens with zero attached hydrogens (tertiary/aromatic N) is 2. The minimum absolute atomic E-state index is 0.109. The van der Waals surface area contributed by atoms with Crippen molar-refractivity contribution in [2.45, 2.75) is 33.2 Å². The predicted molar refractivity (Wildman–Crippen MR) is 78.9 cm³/mol. The second-order valence-corrected chi connectivity index (χ2v) is 5.51. The molecule has 0 atom stereocenters. The van der Waals surface area contributed by atoms with Crippen LogP contribution in [0.3, 0.4) is 0 Å². The molecule has 0 bridgehead atoms. The van der Waals surface area contributed by atoms with Gasteiger partial charge < -0.3 is 14.4 Å². The Morgan fingerprint density at radius 1 is 1.41 bits per heavy atom. The number of hydrogen-bond donors (Lipinski definition) is 2. The molecule has 0 saturated carbocycles. The molecule has 22 heavy (non-hydrogen) atoms. The fourth-order valence-corrected chi connectivity index (χ4v) is 2.08. The molecular formula is C15H19N3O4. The highest BCUT2D eigenvalue weighted by Crippen LogP contribution is 2.17. The predicted octanol–water partition coefficient (Wildman–Crippen LogP) is 2.40. The lowest BCUT2D eigenvalue weighted by Crippen LogP contribution is -2.26. The van der Waals surface area contributed by atoms with Crippen molar-refractivity contribution < 1.29 is 19.1 Å². The Morgan fingerprint density at radius 3 is 2.59 bits per heavy atom. The molecule has 2 N–H and O–H groups in total. The first-order chi connectivity index (χ1) is 10.3. The molecule has 0 saturated heterocycles. The first-order valence-corrected chi connectivity index (χ1v) is 6.93. The highest BCUT2D eigenvalue weighted by Gasteiger charge is 2.20. The molecule has 0 spiro atoms. The van der Waals surface area contributed by atoms with Gasteiger partial charge in [0, 0.05) is 12.7 Å². The van der Waals surface area contributed by atoms with Gasteiger partial charge in [0.15, 0.2) is 0 Å². The number of aromatic nitrogens is 2. The highest BCUT2D eigenvalue weighted by atomic mass is 16.4. The average Bonchev–Trinajstić information content (AvgIpc) is 3.04. The Labute approximate surface area is 127 Å². The molecule has 0 radical (unpaired) electrons. The second-order valence-electron chi connectivity index (χ2n) is 5.51. The van der Waals surface area contributed by atoms with Gasteiger partial charge in [0.05, 0.1) is 6.54 Å². The molecule has 0 unspecified atom stereocenters. The van der Waals surface area contributed by atoms with Gasteiger partial charge in [-0.05, 0) is 25.0 Å². The zero-order chi connectivity index (χ0) is 16.4. The van der Waals surface area contributed by atoms with Gasteiger partial charge in [-0.25, -0.2) is 4.79 Å². The fraction of sp³-hybridized carbons (Fsp3) is 0.400. The molecule has 1 amide bonds. The van der Waals surface area contributed by atoms with Crippen LogP contribution in [0.1, 0.15) is 57.8 Å². The molecule has 0 aliphatic carbocycles. The zero-order valence-corrected chi connectivity index (χ0v) is 13.0. The summed E-state index contributed by atoms with van der Waals surface area (Å²) in [4.78, 5) is 24.7. The maximum atomic E-state index is 12.3. The van der Waals surface area contributed by atoms with E-state index in [2.05, 4.69) is 10.2 Å². The smallest absolute Gasteiger partial charge is 0.339 e. The van der Waals surface area contributed by atoms with Crippen molar-refractivity contribution in [1.82, 2.24) is 15.1 Å². The summed E-state index contributed by atoms with van der Waals surface area (Å²) in [6.07, 6.45) is 0. The van der Waals surface area contributed by atoms with Gasteiger partial charge >= 0.3 is 5.97 Å². The van der Waals surface area contributed by atoms with E-state index in [1.54, 1.807) is 20.0 Å². The summed E-state index contributed by atoms with van der Waals surface area (Å²) in [5.74, 6) is -0.301. The summed E-state index contributed by atoms with van der Waals surface area (Å²) < 4.78 is 5.37. The quantitative estimate of drug-likeness (QED) is 0.883. The van der Waals surface area contributed by atoms with Crippen LogP contribution in [0.25, 0.3) is 0 Å². The van der Waals surface area contributed by atoms with E-state index in [1.165, 1.54) is 11.0 Å². The molecular weight excluding hydrogens is 286 g/mol. The van der Waals surface area contributed by atoms with Crippen molar-refractivity contribution in [3.63, 3.8) is 0 Å². The number of H-pyrrole nitrogens is 1. The van der Waals surface area contributed by atoms with E-state index in [9.17, 15) is 9.59 Å². The number of nitrogens with one attached hydrogen (secondary N) is 1. The number of aromatic carboxylic acids is 1. The van der Waals surface area contributed by atoms with Crippen LogP contribution in [0.4, 0.5) is 0 Å². The van der Waals surface area contributed by atoms with E-state index < -0.39 is 5.97 Å². The molecule has 2 rings (SSSR count). The van der Waals surface area contributed by atoms with Crippen LogP contribution in [-0.4, -0.2) is 39.1 Å². The summed E-state index contributed by atoms with van der Waals surface area (Å²) in [6, 6.07) is 3.16. The lowest BCUT2D eigenvalue weighted by Gasteiger charge is -2.13. The number of carboxylic acid groups (broad SMARTS) is 1. The van der Waals surface area contributed by atoms with Crippen molar-refractivity contribution >= 4 is 11.9 Å². The van der Waals surface area contributed by atoms with Crippen molar-refractivity contribution in [1.29, 1.82) is 0 Å². The van der Waals surface area contributed by atoms with Gasteiger partial charge in [0.2, 0.25) is 0 Å². The Balaban J connectivity index is 2.10. The van der Waals surface area contributed by atoms with Crippen LogP contribution >= 0.6 is 0 Å². The Morgan fingerprint density at radius 2 is 2.09 bits per heavy atom. The zero-order valence-electron chi connectivity index (χ0n) is 13.0. The third-order valence-corrected chi connectivity index (χ3v) is 3.38. The van der Waals surface area contributed by atoms with Crippen LogP contribution in [0, 0.1) is 6.92 Å². The maximum absolute atomic E-state index is 12.3. The molecule has 0 fully saturated rings. The number of carbonyl (C=O) groups excluding carboxylic acids is 1. The Bertz CT molecular complexity index is 699. The SMILES string of the molecule is Cc1oc(CN(C)C(=O)c2cc(C(C)C)[nH]n2)cc1C(=O)O. The lowest BCUT2D eigenvalue weighted by molar-refractivity contribution is 0.0694. The van der Waals surface area contributed by atoms with Crippen LogP contribution in [0.15, 0.2) is 16.5 Å². The van der Waals surface area contributed by atoms with Crippen molar-refractivity contribution in [3.8, 4) is 0 Å². The number of furan rings is 1. The molecule has 2 aromatic rings. The summed E-state index contributed by atoms with van der Waals surface area (Å²) in [6.45, 7) is 5.77. The van der Waals surface area contributed by atoms with E-state index in [0.29, 0.717) is 17.2 Å². The molecule has 7 nitrogen and oxygen atoms in total. The average molecular weight is 305 g/mol. The minimum atomic E-state index is -1.05. The fourth-order valence-electron chi connectivity index (χ4n) is 2.08. The van der Waals surface area contributed by atoms with E-state index in [0.717, 1.165) is 5.69 Å². The molecule has 0 aromatic carbocycles. The monoisotopic (exact) mass is 305 g/mol. The lowest BCUT2D eigenvalue weighted by atomic mass is 10.1. The molecule has 0 aliphatic heterocycles. The van der Waals surface area contributed by atoms with Gasteiger partial charge in [-0.1, -0.05) is 13.8 Å². The number of carboxylic acids is 1. The minimum Gasteiger partial charge on any atom is -0.478 e. The number of amides is 1. The van der Waals surface area contributed by atoms with Gasteiger partial charge in [0.1, 0.15) is 22.8 Å². The number of hydrogen-bond acceptors (Lipinski definition) is 4. The third kappa shape index (κ3) is 3.19.